The van der Waals surface area contributed by atoms with Crippen molar-refractivity contribution in [2.75, 3.05) is 19.7 Å². The van der Waals surface area contributed by atoms with E-state index in [4.69, 9.17) is 10.00 Å². The molecule has 0 aliphatic carbocycles. The second kappa shape index (κ2) is 10.1. The summed E-state index contributed by atoms with van der Waals surface area (Å²) in [5.74, 6) is -0.981. The monoisotopic (exact) mass is 319 g/mol. The van der Waals surface area contributed by atoms with Crippen LogP contribution in [-0.2, 0) is 9.53 Å². The van der Waals surface area contributed by atoms with Crippen LogP contribution in [0.3, 0.4) is 0 Å². The van der Waals surface area contributed by atoms with Gasteiger partial charge in [0.25, 0.3) is 0 Å². The second-order valence-corrected chi connectivity index (χ2v) is 4.89. The number of aromatic hydroxyl groups is 1. The number of nitrogens with one attached hydrogen (secondary N) is 2. The largest absolute Gasteiger partial charge is 0.508 e. The molecule has 1 atom stereocenters. The van der Waals surface area contributed by atoms with Crippen molar-refractivity contribution >= 4 is 12.0 Å². The predicted molar refractivity (Wildman–Crippen MR) is 83.7 cm³/mol. The number of carbonyl (C=O) groups excluding carboxylic acids is 2. The van der Waals surface area contributed by atoms with Gasteiger partial charge in [-0.3, -0.25) is 4.79 Å². The third-order valence-electron chi connectivity index (χ3n) is 3.14. The summed E-state index contributed by atoms with van der Waals surface area (Å²) in [4.78, 5) is 23.7. The number of unbranched alkanes of at least 4 members (excludes halogenated alkanes) is 1. The predicted octanol–water partition coefficient (Wildman–Crippen LogP) is 1.64. The van der Waals surface area contributed by atoms with Gasteiger partial charge in [0.2, 0.25) is 5.91 Å². The van der Waals surface area contributed by atoms with Gasteiger partial charge in [-0.25, -0.2) is 4.79 Å². The van der Waals surface area contributed by atoms with Crippen LogP contribution in [0.4, 0.5) is 4.79 Å². The third-order valence-corrected chi connectivity index (χ3v) is 3.14. The van der Waals surface area contributed by atoms with Crippen molar-refractivity contribution in [2.45, 2.75) is 25.7 Å². The van der Waals surface area contributed by atoms with E-state index in [2.05, 4.69) is 10.6 Å². The van der Waals surface area contributed by atoms with E-state index >= 15 is 0 Å². The molecule has 0 spiro atoms. The van der Waals surface area contributed by atoms with Crippen molar-refractivity contribution in [3.63, 3.8) is 0 Å². The first kappa shape index (κ1) is 18.3. The lowest BCUT2D eigenvalue weighted by molar-refractivity contribution is -0.122. The molecule has 7 heteroatoms. The van der Waals surface area contributed by atoms with Crippen molar-refractivity contribution in [3.8, 4) is 11.8 Å². The van der Waals surface area contributed by atoms with E-state index in [0.29, 0.717) is 12.2 Å². The molecule has 0 saturated carbocycles. The summed E-state index contributed by atoms with van der Waals surface area (Å²) >= 11 is 0. The zero-order valence-corrected chi connectivity index (χ0v) is 13.0. The highest BCUT2D eigenvalue weighted by Crippen LogP contribution is 2.18. The van der Waals surface area contributed by atoms with Gasteiger partial charge in [-0.05, 0) is 24.1 Å². The average Bonchev–Trinajstić information content (AvgIpc) is 2.55. The van der Waals surface area contributed by atoms with E-state index in [1.807, 2.05) is 13.0 Å². The number of ether oxygens (including phenoxy) is 1. The molecular weight excluding hydrogens is 298 g/mol. The fourth-order valence-electron chi connectivity index (χ4n) is 1.86. The van der Waals surface area contributed by atoms with E-state index in [1.165, 1.54) is 12.1 Å². The molecule has 1 unspecified atom stereocenters. The Hall–Kier alpha value is -2.75. The fourth-order valence-corrected chi connectivity index (χ4v) is 1.86. The molecule has 0 bridgehead atoms. The highest BCUT2D eigenvalue weighted by Gasteiger charge is 2.21. The maximum absolute atomic E-state index is 12.1. The summed E-state index contributed by atoms with van der Waals surface area (Å²) < 4.78 is 4.97. The van der Waals surface area contributed by atoms with E-state index in [1.54, 1.807) is 12.1 Å². The Balaban J connectivity index is 2.68. The molecule has 0 aromatic heterocycles. The number of amides is 2. The topological polar surface area (TPSA) is 111 Å². The quantitative estimate of drug-likeness (QED) is 0.498. The van der Waals surface area contributed by atoms with Gasteiger partial charge in [0, 0.05) is 6.54 Å². The number of rotatable bonds is 8. The normalized spacial score (nSPS) is 11.1. The molecule has 124 valence electrons. The standard InChI is InChI=1S/C16H21N3O4/c1-2-3-10-23-16(22)19-11-14(15(21)18-9-8-17)12-4-6-13(20)7-5-12/h4-7,14,20H,2-3,9-11H2,1H3,(H,18,21)(H,19,22). The van der Waals surface area contributed by atoms with Gasteiger partial charge in [0.05, 0.1) is 18.6 Å². The SMILES string of the molecule is CCCCOC(=O)NCC(C(=O)NCC#N)c1ccc(O)cc1. The van der Waals surface area contributed by atoms with Gasteiger partial charge in [-0.2, -0.15) is 5.26 Å². The molecule has 0 aliphatic rings. The van der Waals surface area contributed by atoms with Gasteiger partial charge >= 0.3 is 6.09 Å². The molecule has 1 rings (SSSR count). The van der Waals surface area contributed by atoms with Gasteiger partial charge in [-0.15, -0.1) is 0 Å². The van der Waals surface area contributed by atoms with Crippen LogP contribution < -0.4 is 10.6 Å². The van der Waals surface area contributed by atoms with Crippen molar-refractivity contribution < 1.29 is 19.4 Å². The Morgan fingerprint density at radius 3 is 2.61 bits per heavy atom. The Bertz CT molecular complexity index is 551. The number of benzene rings is 1. The van der Waals surface area contributed by atoms with Crippen molar-refractivity contribution in [1.29, 1.82) is 5.26 Å². The Morgan fingerprint density at radius 2 is 2.00 bits per heavy atom. The summed E-state index contributed by atoms with van der Waals surface area (Å²) in [6, 6.07) is 7.93. The molecular formula is C16H21N3O4. The van der Waals surface area contributed by atoms with Gasteiger partial charge in [-0.1, -0.05) is 25.5 Å². The molecule has 1 aromatic carbocycles. The Morgan fingerprint density at radius 1 is 1.30 bits per heavy atom. The first-order valence-electron chi connectivity index (χ1n) is 7.42. The lowest BCUT2D eigenvalue weighted by Gasteiger charge is -2.17. The minimum atomic E-state index is -0.678. The van der Waals surface area contributed by atoms with E-state index in [9.17, 15) is 14.7 Å². The fraction of sp³-hybridized carbons (Fsp3) is 0.438. The molecule has 3 N–H and O–H groups in total. The van der Waals surface area contributed by atoms with Gasteiger partial charge < -0.3 is 20.5 Å². The van der Waals surface area contributed by atoms with Crippen LogP contribution in [-0.4, -0.2) is 36.8 Å². The smallest absolute Gasteiger partial charge is 0.407 e. The summed E-state index contributed by atoms with van der Waals surface area (Å²) in [6.45, 7) is 2.23. The molecule has 2 amide bonds. The van der Waals surface area contributed by atoms with Crippen molar-refractivity contribution in [1.82, 2.24) is 10.6 Å². The summed E-state index contributed by atoms with van der Waals surface area (Å²) in [6.07, 6.45) is 1.10. The third kappa shape index (κ3) is 6.70. The van der Waals surface area contributed by atoms with Crippen LogP contribution in [0.25, 0.3) is 0 Å². The number of hydrogen-bond acceptors (Lipinski definition) is 5. The number of alkyl carbamates (subject to hydrolysis) is 1. The summed E-state index contributed by atoms with van der Waals surface area (Å²) in [7, 11) is 0. The molecule has 0 aliphatic heterocycles. The minimum absolute atomic E-state index is 0.0347. The molecule has 1 aromatic rings. The molecule has 0 radical (unpaired) electrons. The lowest BCUT2D eigenvalue weighted by atomic mass is 9.98. The first-order valence-corrected chi connectivity index (χ1v) is 7.42. The number of hydrogen-bond donors (Lipinski definition) is 3. The minimum Gasteiger partial charge on any atom is -0.508 e. The number of nitriles is 1. The zero-order chi connectivity index (χ0) is 17.1. The highest BCUT2D eigenvalue weighted by molar-refractivity contribution is 5.84. The number of carbonyl (C=O) groups is 2. The van der Waals surface area contributed by atoms with E-state index < -0.39 is 12.0 Å². The number of phenols is 1. The number of nitrogens with zero attached hydrogens (tertiary/aromatic N) is 1. The second-order valence-electron chi connectivity index (χ2n) is 4.89. The van der Waals surface area contributed by atoms with Gasteiger partial charge in [0.15, 0.2) is 0 Å². The van der Waals surface area contributed by atoms with Crippen molar-refractivity contribution in [2.24, 2.45) is 0 Å². The first-order chi connectivity index (χ1) is 11.1. The Kier molecular flexibility index (Phi) is 8.00. The molecule has 0 heterocycles. The lowest BCUT2D eigenvalue weighted by Crippen LogP contribution is -2.37. The maximum atomic E-state index is 12.1. The van der Waals surface area contributed by atoms with E-state index in [0.717, 1.165) is 12.8 Å². The van der Waals surface area contributed by atoms with E-state index in [-0.39, 0.29) is 24.7 Å². The van der Waals surface area contributed by atoms with Crippen LogP contribution in [0, 0.1) is 11.3 Å². The van der Waals surface area contributed by atoms with Crippen LogP contribution in [0.1, 0.15) is 31.2 Å². The van der Waals surface area contributed by atoms with Crippen LogP contribution in [0.5, 0.6) is 5.75 Å². The maximum Gasteiger partial charge on any atom is 0.407 e. The molecule has 7 nitrogen and oxygen atoms in total. The summed E-state index contributed by atoms with van der Waals surface area (Å²) in [5.41, 5.74) is 0.618. The van der Waals surface area contributed by atoms with Crippen LogP contribution in [0.15, 0.2) is 24.3 Å². The molecule has 0 saturated heterocycles. The van der Waals surface area contributed by atoms with Crippen LogP contribution >= 0.6 is 0 Å². The molecule has 23 heavy (non-hydrogen) atoms. The average molecular weight is 319 g/mol. The zero-order valence-electron chi connectivity index (χ0n) is 13.0. The van der Waals surface area contributed by atoms with Gasteiger partial charge in [0.1, 0.15) is 12.3 Å². The summed E-state index contributed by atoms with van der Waals surface area (Å²) in [5, 5.41) is 22.9. The Labute approximate surface area is 135 Å². The molecule has 0 fully saturated rings. The highest BCUT2D eigenvalue weighted by atomic mass is 16.5. The number of phenolic OH excluding ortho intramolecular Hbond substituents is 1. The van der Waals surface area contributed by atoms with Crippen molar-refractivity contribution in [3.05, 3.63) is 29.8 Å². The van der Waals surface area contributed by atoms with Crippen LogP contribution in [0.2, 0.25) is 0 Å².